The predicted molar refractivity (Wildman–Crippen MR) is 73.9 cm³/mol. The Bertz CT molecular complexity index is 390. The summed E-state index contributed by atoms with van der Waals surface area (Å²) in [6, 6.07) is 5.94. The van der Waals surface area contributed by atoms with Gasteiger partial charge in [-0.25, -0.2) is 0 Å². The van der Waals surface area contributed by atoms with Gasteiger partial charge < -0.3 is 10.1 Å². The van der Waals surface area contributed by atoms with E-state index in [4.69, 9.17) is 16.3 Å². The van der Waals surface area contributed by atoms with Gasteiger partial charge in [0.2, 0.25) is 0 Å². The number of allylic oxidation sites excluding steroid dienone is 1. The first-order valence-electron chi connectivity index (χ1n) is 5.73. The quantitative estimate of drug-likeness (QED) is 0.775. The molecule has 94 valence electrons. The summed E-state index contributed by atoms with van der Waals surface area (Å²) in [5, 5.41) is 4.03. The number of halogens is 1. The molecule has 1 unspecified atom stereocenters. The number of methoxy groups -OCH3 is 1. The summed E-state index contributed by atoms with van der Waals surface area (Å²) in [5.74, 6) is 0.871. The number of hydrogen-bond donors (Lipinski definition) is 1. The van der Waals surface area contributed by atoms with Gasteiger partial charge in [0.25, 0.3) is 0 Å². The van der Waals surface area contributed by atoms with E-state index in [-0.39, 0.29) is 6.04 Å². The Kier molecular flexibility index (Phi) is 5.52. The van der Waals surface area contributed by atoms with E-state index in [9.17, 15) is 0 Å². The molecule has 0 bridgehead atoms. The molecule has 0 saturated heterocycles. The normalized spacial score (nSPS) is 12.2. The van der Waals surface area contributed by atoms with Crippen molar-refractivity contribution in [2.45, 2.75) is 25.8 Å². The highest BCUT2D eigenvalue weighted by atomic mass is 35.5. The first kappa shape index (κ1) is 14.1. The molecule has 1 atom stereocenters. The second kappa shape index (κ2) is 6.67. The van der Waals surface area contributed by atoms with Crippen molar-refractivity contribution >= 4 is 11.6 Å². The van der Waals surface area contributed by atoms with Gasteiger partial charge >= 0.3 is 0 Å². The maximum Gasteiger partial charge on any atom is 0.123 e. The van der Waals surface area contributed by atoms with Crippen LogP contribution in [0, 0.1) is 0 Å². The molecule has 1 N–H and O–H groups in total. The fourth-order valence-corrected chi connectivity index (χ4v) is 2.00. The number of nitrogens with one attached hydrogen (secondary N) is 1. The average Bonchev–Trinajstić information content (AvgIpc) is 2.30. The molecule has 0 aliphatic carbocycles. The molecule has 0 spiro atoms. The van der Waals surface area contributed by atoms with Crippen LogP contribution in [0.1, 0.15) is 31.4 Å². The van der Waals surface area contributed by atoms with Gasteiger partial charge in [-0.1, -0.05) is 17.2 Å². The van der Waals surface area contributed by atoms with Crippen LogP contribution in [0.15, 0.2) is 30.4 Å². The van der Waals surface area contributed by atoms with Crippen molar-refractivity contribution in [3.63, 3.8) is 0 Å². The van der Waals surface area contributed by atoms with Crippen molar-refractivity contribution in [1.29, 1.82) is 0 Å². The second-order valence-corrected chi connectivity index (χ2v) is 4.66. The van der Waals surface area contributed by atoms with Crippen molar-refractivity contribution in [1.82, 2.24) is 5.32 Å². The zero-order chi connectivity index (χ0) is 12.8. The van der Waals surface area contributed by atoms with Gasteiger partial charge in [0.15, 0.2) is 0 Å². The fraction of sp³-hybridized carbons (Fsp3) is 0.429. The lowest BCUT2D eigenvalue weighted by atomic mass is 9.99. The Labute approximate surface area is 109 Å². The number of rotatable bonds is 6. The summed E-state index contributed by atoms with van der Waals surface area (Å²) in [4.78, 5) is 0. The molecule has 3 heteroatoms. The molecule has 2 nitrogen and oxygen atoms in total. The molecule has 0 saturated carbocycles. The molecule has 1 aromatic rings. The molecule has 1 rings (SSSR count). The Balaban J connectivity index is 2.93. The van der Waals surface area contributed by atoms with Gasteiger partial charge in [0.05, 0.1) is 7.11 Å². The van der Waals surface area contributed by atoms with Gasteiger partial charge in [-0.15, -0.1) is 6.58 Å². The smallest absolute Gasteiger partial charge is 0.123 e. The topological polar surface area (TPSA) is 21.3 Å². The number of ether oxygens (including phenoxy) is 1. The highest BCUT2D eigenvalue weighted by Gasteiger charge is 2.14. The molecule has 0 fully saturated rings. The summed E-state index contributed by atoms with van der Waals surface area (Å²) in [6.45, 7) is 5.97. The van der Waals surface area contributed by atoms with E-state index in [0.29, 0.717) is 0 Å². The zero-order valence-electron chi connectivity index (χ0n) is 10.7. The van der Waals surface area contributed by atoms with E-state index in [2.05, 4.69) is 11.9 Å². The minimum Gasteiger partial charge on any atom is -0.496 e. The van der Waals surface area contributed by atoms with Crippen LogP contribution in [0.3, 0.4) is 0 Å². The predicted octanol–water partition coefficient (Wildman–Crippen LogP) is 3.97. The molecule has 0 amide bonds. The molecule has 17 heavy (non-hydrogen) atoms. The Morgan fingerprint density at radius 2 is 2.24 bits per heavy atom. The Morgan fingerprint density at radius 1 is 1.53 bits per heavy atom. The van der Waals surface area contributed by atoms with Crippen LogP contribution in [0.4, 0.5) is 0 Å². The Hall–Kier alpha value is -0.990. The maximum absolute atomic E-state index is 6.04. The number of benzene rings is 1. The van der Waals surface area contributed by atoms with E-state index < -0.39 is 0 Å². The van der Waals surface area contributed by atoms with Gasteiger partial charge in [-0.05, 0) is 45.0 Å². The minimum absolute atomic E-state index is 0.236. The molecule has 0 aliphatic rings. The lowest BCUT2D eigenvalue weighted by molar-refractivity contribution is 0.399. The van der Waals surface area contributed by atoms with Crippen LogP contribution < -0.4 is 10.1 Å². The molecular formula is C14H20ClNO. The minimum atomic E-state index is 0.236. The van der Waals surface area contributed by atoms with Crippen molar-refractivity contribution in [2.75, 3.05) is 14.2 Å². The third-order valence-corrected chi connectivity index (χ3v) is 3.01. The zero-order valence-corrected chi connectivity index (χ0v) is 11.5. The summed E-state index contributed by atoms with van der Waals surface area (Å²) in [6.07, 6.45) is 1.98. The third-order valence-electron chi connectivity index (χ3n) is 2.78. The first-order chi connectivity index (χ1) is 8.08. The summed E-state index contributed by atoms with van der Waals surface area (Å²) < 4.78 is 5.37. The molecule has 0 aliphatic heterocycles. The van der Waals surface area contributed by atoms with Crippen molar-refractivity contribution in [2.24, 2.45) is 0 Å². The maximum atomic E-state index is 6.04. The average molecular weight is 254 g/mol. The fourth-order valence-electron chi connectivity index (χ4n) is 1.82. The van der Waals surface area contributed by atoms with E-state index in [1.807, 2.05) is 32.2 Å². The first-order valence-corrected chi connectivity index (χ1v) is 6.11. The van der Waals surface area contributed by atoms with Crippen LogP contribution in [0.25, 0.3) is 0 Å². The lowest BCUT2D eigenvalue weighted by Crippen LogP contribution is -2.17. The third kappa shape index (κ3) is 4.06. The summed E-state index contributed by atoms with van der Waals surface area (Å²) >= 11 is 6.04. The molecular weight excluding hydrogens is 234 g/mol. The molecule has 0 aromatic heterocycles. The van der Waals surface area contributed by atoms with Crippen molar-refractivity contribution in [3.05, 3.63) is 40.9 Å². The lowest BCUT2D eigenvalue weighted by Gasteiger charge is -2.19. The van der Waals surface area contributed by atoms with Crippen LogP contribution in [0.5, 0.6) is 5.75 Å². The van der Waals surface area contributed by atoms with Gasteiger partial charge in [0, 0.05) is 16.6 Å². The molecule has 1 aromatic carbocycles. The van der Waals surface area contributed by atoms with Crippen LogP contribution in [-0.4, -0.2) is 14.2 Å². The van der Waals surface area contributed by atoms with Gasteiger partial charge in [-0.2, -0.15) is 0 Å². The van der Waals surface area contributed by atoms with E-state index in [0.717, 1.165) is 29.2 Å². The van der Waals surface area contributed by atoms with E-state index >= 15 is 0 Å². The van der Waals surface area contributed by atoms with Crippen LogP contribution >= 0.6 is 11.6 Å². The highest BCUT2D eigenvalue weighted by Crippen LogP contribution is 2.31. The van der Waals surface area contributed by atoms with Crippen molar-refractivity contribution < 1.29 is 4.74 Å². The monoisotopic (exact) mass is 253 g/mol. The molecule has 0 radical (unpaired) electrons. The SMILES string of the molecule is C=C(C)CCC(NC)c1cc(Cl)ccc1OC. The molecule has 0 heterocycles. The van der Waals surface area contributed by atoms with E-state index in [1.165, 1.54) is 5.57 Å². The summed E-state index contributed by atoms with van der Waals surface area (Å²) in [7, 11) is 3.63. The second-order valence-electron chi connectivity index (χ2n) is 4.22. The van der Waals surface area contributed by atoms with Crippen LogP contribution in [-0.2, 0) is 0 Å². The van der Waals surface area contributed by atoms with Gasteiger partial charge in [0.1, 0.15) is 5.75 Å². The van der Waals surface area contributed by atoms with Crippen LogP contribution in [0.2, 0.25) is 5.02 Å². The van der Waals surface area contributed by atoms with E-state index in [1.54, 1.807) is 7.11 Å². The standard InChI is InChI=1S/C14H20ClNO/c1-10(2)5-7-13(16-3)12-9-11(15)6-8-14(12)17-4/h6,8-9,13,16H,1,5,7H2,2-4H3. The Morgan fingerprint density at radius 3 is 2.76 bits per heavy atom. The highest BCUT2D eigenvalue weighted by molar-refractivity contribution is 6.30. The number of hydrogen-bond acceptors (Lipinski definition) is 2. The van der Waals surface area contributed by atoms with Crippen molar-refractivity contribution in [3.8, 4) is 5.75 Å². The largest absolute Gasteiger partial charge is 0.496 e. The summed E-state index contributed by atoms with van der Waals surface area (Å²) in [5.41, 5.74) is 2.29. The van der Waals surface area contributed by atoms with Gasteiger partial charge in [-0.3, -0.25) is 0 Å².